The maximum absolute atomic E-state index is 12.9. The number of anilines is 2. The summed E-state index contributed by atoms with van der Waals surface area (Å²) in [6.45, 7) is 4.62. The number of carboxylic acid groups (broad SMARTS) is 1. The highest BCUT2D eigenvalue weighted by molar-refractivity contribution is 7.93. The molecule has 1 aromatic heterocycles. The van der Waals surface area contributed by atoms with Crippen LogP contribution >= 0.6 is 23.2 Å². The zero-order valence-corrected chi connectivity index (χ0v) is 23.5. The summed E-state index contributed by atoms with van der Waals surface area (Å²) < 4.78 is 24.7. The first kappa shape index (κ1) is 29.9. The topological polar surface area (TPSA) is 155 Å². The number of benzene rings is 2. The van der Waals surface area contributed by atoms with E-state index in [1.165, 1.54) is 30.6 Å². The number of aromatic nitrogens is 1. The van der Waals surface area contributed by atoms with Crippen molar-refractivity contribution < 1.29 is 27.9 Å². The van der Waals surface area contributed by atoms with Gasteiger partial charge in [-0.25, -0.2) is 18.0 Å². The van der Waals surface area contributed by atoms with E-state index in [4.69, 9.17) is 23.2 Å². The molecule has 0 aliphatic heterocycles. The van der Waals surface area contributed by atoms with Crippen LogP contribution < -0.4 is 16.0 Å². The van der Waals surface area contributed by atoms with Gasteiger partial charge < -0.3 is 21.1 Å². The minimum absolute atomic E-state index is 0.0311. The van der Waals surface area contributed by atoms with E-state index in [0.29, 0.717) is 11.3 Å². The fourth-order valence-electron chi connectivity index (χ4n) is 3.43. The molecule has 0 saturated heterocycles. The largest absolute Gasteiger partial charge is 0.480 e. The zero-order valence-electron chi connectivity index (χ0n) is 21.2. The first-order valence-electron chi connectivity index (χ1n) is 11.5. The van der Waals surface area contributed by atoms with E-state index in [-0.39, 0.29) is 32.6 Å². The van der Waals surface area contributed by atoms with E-state index in [2.05, 4.69) is 20.9 Å². The van der Waals surface area contributed by atoms with E-state index in [9.17, 15) is 27.9 Å². The van der Waals surface area contributed by atoms with Gasteiger partial charge >= 0.3 is 12.0 Å². The Labute approximate surface area is 235 Å². The van der Waals surface area contributed by atoms with Crippen LogP contribution in [-0.4, -0.2) is 47.2 Å². The molecule has 0 saturated carbocycles. The standard InChI is InChI=1S/C26H26Cl2N4O6S/c1-26(2,3)39(37,38)21-7-5-4-6-19(21)31-25(36)32-20(24(34)35)12-15-8-10-16(11-9-15)30-23(33)22-17(27)13-29-14-18(22)28/h4-11,13-14,20H,12H2,1-3H3,(H,30,33)(H,34,35)(H2,31,32,36). The SMILES string of the molecule is CC(C)(C)S(=O)(=O)c1ccccc1NC(=O)NC(Cc1ccc(NC(=O)c2c(Cl)cncc2Cl)cc1)C(=O)O. The fraction of sp³-hybridized carbons (Fsp3) is 0.231. The zero-order chi connectivity index (χ0) is 29.0. The number of hydrogen-bond donors (Lipinski definition) is 4. The van der Waals surface area contributed by atoms with Gasteiger partial charge in [0.2, 0.25) is 0 Å². The van der Waals surface area contributed by atoms with Gasteiger partial charge in [0, 0.05) is 24.5 Å². The van der Waals surface area contributed by atoms with Crippen LogP contribution in [0.3, 0.4) is 0 Å². The minimum atomic E-state index is -3.79. The molecule has 2 aromatic carbocycles. The van der Waals surface area contributed by atoms with Crippen LogP contribution in [0.25, 0.3) is 0 Å². The van der Waals surface area contributed by atoms with Gasteiger partial charge in [0.05, 0.1) is 30.9 Å². The molecule has 39 heavy (non-hydrogen) atoms. The number of hydrogen-bond acceptors (Lipinski definition) is 6. The Morgan fingerprint density at radius 2 is 1.54 bits per heavy atom. The first-order valence-corrected chi connectivity index (χ1v) is 13.8. The van der Waals surface area contributed by atoms with E-state index in [0.717, 1.165) is 0 Å². The van der Waals surface area contributed by atoms with Crippen molar-refractivity contribution in [3.63, 3.8) is 0 Å². The Balaban J connectivity index is 1.69. The first-order chi connectivity index (χ1) is 18.2. The Morgan fingerprint density at radius 1 is 0.949 bits per heavy atom. The number of sulfone groups is 1. The summed E-state index contributed by atoms with van der Waals surface area (Å²) in [5, 5.41) is 17.3. The maximum Gasteiger partial charge on any atom is 0.326 e. The average Bonchev–Trinajstić information content (AvgIpc) is 2.84. The summed E-state index contributed by atoms with van der Waals surface area (Å²) >= 11 is 12.0. The second kappa shape index (κ2) is 12.0. The molecule has 0 spiro atoms. The highest BCUT2D eigenvalue weighted by atomic mass is 35.5. The molecule has 3 amide bonds. The number of aliphatic carboxylic acids is 1. The summed E-state index contributed by atoms with van der Waals surface area (Å²) in [5.41, 5.74) is 1.05. The number of amides is 3. The lowest BCUT2D eigenvalue weighted by molar-refractivity contribution is -0.139. The van der Waals surface area contributed by atoms with Crippen LogP contribution in [-0.2, 0) is 21.1 Å². The summed E-state index contributed by atoms with van der Waals surface area (Å²) in [6.07, 6.45) is 2.51. The predicted octanol–water partition coefficient (Wildman–Crippen LogP) is 5.03. The number of carbonyl (C=O) groups is 3. The highest BCUT2D eigenvalue weighted by Crippen LogP contribution is 2.30. The number of rotatable bonds is 8. The monoisotopic (exact) mass is 592 g/mol. The van der Waals surface area contributed by atoms with Crippen LogP contribution in [0.4, 0.5) is 16.2 Å². The number of para-hydroxylation sites is 1. The molecule has 1 unspecified atom stereocenters. The molecular formula is C26H26Cl2N4O6S. The minimum Gasteiger partial charge on any atom is -0.480 e. The lowest BCUT2D eigenvalue weighted by Crippen LogP contribution is -2.44. The Kier molecular flexibility index (Phi) is 9.21. The van der Waals surface area contributed by atoms with Crippen molar-refractivity contribution in [3.05, 3.63) is 82.1 Å². The van der Waals surface area contributed by atoms with E-state index in [1.807, 2.05) is 0 Å². The van der Waals surface area contributed by atoms with Crippen LogP contribution in [0.1, 0.15) is 36.7 Å². The van der Waals surface area contributed by atoms with Crippen LogP contribution in [0.2, 0.25) is 10.0 Å². The van der Waals surface area contributed by atoms with Crippen LogP contribution in [0.15, 0.2) is 65.8 Å². The Hall–Kier alpha value is -3.67. The third kappa shape index (κ3) is 7.25. The van der Waals surface area contributed by atoms with Crippen molar-refractivity contribution >= 4 is 62.3 Å². The van der Waals surface area contributed by atoms with Crippen molar-refractivity contribution in [2.24, 2.45) is 0 Å². The quantitative estimate of drug-likeness (QED) is 0.286. The third-order valence-electron chi connectivity index (χ3n) is 5.57. The molecule has 0 aliphatic carbocycles. The second-order valence-electron chi connectivity index (χ2n) is 9.43. The molecule has 0 bridgehead atoms. The Bertz CT molecular complexity index is 1490. The number of carboxylic acids is 1. The van der Waals surface area contributed by atoms with Gasteiger partial charge in [0.15, 0.2) is 9.84 Å². The molecule has 0 fully saturated rings. The molecule has 3 rings (SSSR count). The second-order valence-corrected chi connectivity index (χ2v) is 12.9. The molecule has 13 heteroatoms. The van der Waals surface area contributed by atoms with E-state index in [1.54, 1.807) is 51.1 Å². The molecular weight excluding hydrogens is 567 g/mol. The number of urea groups is 1. The van der Waals surface area contributed by atoms with Crippen molar-refractivity contribution in [1.82, 2.24) is 10.3 Å². The van der Waals surface area contributed by atoms with Crippen molar-refractivity contribution in [1.29, 1.82) is 0 Å². The Morgan fingerprint density at radius 3 is 2.10 bits per heavy atom. The molecule has 1 heterocycles. The van der Waals surface area contributed by atoms with Gasteiger partial charge in [-0.3, -0.25) is 9.78 Å². The van der Waals surface area contributed by atoms with Gasteiger partial charge in [-0.05, 0) is 50.6 Å². The third-order valence-corrected chi connectivity index (χ3v) is 8.69. The number of nitrogens with one attached hydrogen (secondary N) is 3. The van der Waals surface area contributed by atoms with Crippen LogP contribution in [0.5, 0.6) is 0 Å². The summed E-state index contributed by atoms with van der Waals surface area (Å²) in [7, 11) is -3.79. The number of pyridine rings is 1. The highest BCUT2D eigenvalue weighted by Gasteiger charge is 2.33. The van der Waals surface area contributed by atoms with Crippen LogP contribution in [0, 0.1) is 0 Å². The van der Waals surface area contributed by atoms with Crippen molar-refractivity contribution in [2.45, 2.75) is 42.9 Å². The number of halogens is 2. The molecule has 3 aromatic rings. The van der Waals surface area contributed by atoms with Gasteiger partial charge in [-0.1, -0.05) is 47.5 Å². The smallest absolute Gasteiger partial charge is 0.326 e. The molecule has 4 N–H and O–H groups in total. The molecule has 0 radical (unpaired) electrons. The van der Waals surface area contributed by atoms with E-state index < -0.39 is 38.5 Å². The predicted molar refractivity (Wildman–Crippen MR) is 149 cm³/mol. The van der Waals surface area contributed by atoms with Gasteiger partial charge in [-0.15, -0.1) is 0 Å². The fourth-order valence-corrected chi connectivity index (χ4v) is 5.29. The number of nitrogens with zero attached hydrogens (tertiary/aromatic N) is 1. The molecule has 1 atom stereocenters. The normalized spacial score (nSPS) is 12.3. The van der Waals surface area contributed by atoms with E-state index >= 15 is 0 Å². The lowest BCUT2D eigenvalue weighted by atomic mass is 10.1. The average molecular weight is 593 g/mol. The summed E-state index contributed by atoms with van der Waals surface area (Å²) in [4.78, 5) is 40.8. The lowest BCUT2D eigenvalue weighted by Gasteiger charge is -2.22. The molecule has 206 valence electrons. The molecule has 0 aliphatic rings. The van der Waals surface area contributed by atoms with Gasteiger partial charge in [-0.2, -0.15) is 0 Å². The van der Waals surface area contributed by atoms with Gasteiger partial charge in [0.1, 0.15) is 6.04 Å². The summed E-state index contributed by atoms with van der Waals surface area (Å²) in [6, 6.07) is 9.98. The summed E-state index contributed by atoms with van der Waals surface area (Å²) in [5.74, 6) is -1.84. The van der Waals surface area contributed by atoms with Crippen molar-refractivity contribution in [3.8, 4) is 0 Å². The van der Waals surface area contributed by atoms with Crippen molar-refractivity contribution in [2.75, 3.05) is 10.6 Å². The molecule has 10 nitrogen and oxygen atoms in total. The van der Waals surface area contributed by atoms with Gasteiger partial charge in [0.25, 0.3) is 5.91 Å². The maximum atomic E-state index is 12.9. The number of carbonyl (C=O) groups excluding carboxylic acids is 2.